The van der Waals surface area contributed by atoms with Gasteiger partial charge in [0.05, 0.1) is 25.3 Å². The maximum absolute atomic E-state index is 11.9. The highest BCUT2D eigenvalue weighted by molar-refractivity contribution is 5.96. The molecule has 0 aliphatic carbocycles. The van der Waals surface area contributed by atoms with Gasteiger partial charge in [-0.25, -0.2) is 0 Å². The summed E-state index contributed by atoms with van der Waals surface area (Å²) in [5.74, 6) is 0. The van der Waals surface area contributed by atoms with Crippen LogP contribution in [0, 0.1) is 0 Å². The Hall–Kier alpha value is -2.95. The molecule has 0 spiro atoms. The van der Waals surface area contributed by atoms with Gasteiger partial charge in [0.25, 0.3) is 0 Å². The zero-order valence-corrected chi connectivity index (χ0v) is 19.2. The molecule has 168 valence electrons. The third kappa shape index (κ3) is 5.26. The van der Waals surface area contributed by atoms with Gasteiger partial charge < -0.3 is 14.8 Å². The molecule has 4 heteroatoms. The number of nitrogens with zero attached hydrogens (tertiary/aromatic N) is 2. The maximum atomic E-state index is 11.9. The van der Waals surface area contributed by atoms with Gasteiger partial charge in [0.1, 0.15) is 6.54 Å². The van der Waals surface area contributed by atoms with E-state index in [9.17, 15) is 10.3 Å². The van der Waals surface area contributed by atoms with E-state index in [2.05, 4.69) is 43.3 Å². The van der Waals surface area contributed by atoms with Crippen LogP contribution in [0.4, 0.5) is 0 Å². The topological polar surface area (TPSA) is 52.8 Å². The summed E-state index contributed by atoms with van der Waals surface area (Å²) >= 11 is 0. The standard InChI is InChI=1S/C28H34N2O2/c1-3-30(4-2,23-24-15-8-5-9-16-24)22-14-21-27(29-32)28(31,25-17-10-6-11-18-25)26-19-12-7-13-20-26/h5-13,15-20,31H,3-4,14,21-23H2,1-2H3/p+1. The molecule has 4 nitrogen and oxygen atoms in total. The molecule has 32 heavy (non-hydrogen) atoms. The number of hydrogen-bond acceptors (Lipinski definition) is 3. The van der Waals surface area contributed by atoms with E-state index in [1.54, 1.807) is 0 Å². The summed E-state index contributed by atoms with van der Waals surface area (Å²) in [6, 6.07) is 29.5. The fourth-order valence-corrected chi connectivity index (χ4v) is 4.56. The number of quaternary nitrogens is 1. The lowest BCUT2D eigenvalue weighted by molar-refractivity contribution is -0.937. The van der Waals surface area contributed by atoms with E-state index < -0.39 is 5.60 Å². The molecule has 3 rings (SSSR count). The van der Waals surface area contributed by atoms with Crippen molar-refractivity contribution >= 4 is 5.71 Å². The van der Waals surface area contributed by atoms with Crippen LogP contribution < -0.4 is 0 Å². The van der Waals surface area contributed by atoms with Crippen molar-refractivity contribution < 1.29 is 14.8 Å². The second-order valence-electron chi connectivity index (χ2n) is 8.43. The molecule has 3 aromatic carbocycles. The summed E-state index contributed by atoms with van der Waals surface area (Å²) in [5.41, 5.74) is 1.65. The molecule has 0 amide bonds. The first-order valence-electron chi connectivity index (χ1n) is 11.5. The minimum atomic E-state index is -1.47. The molecule has 0 aromatic heterocycles. The van der Waals surface area contributed by atoms with Crippen molar-refractivity contribution in [3.8, 4) is 0 Å². The Morgan fingerprint density at radius 2 is 1.25 bits per heavy atom. The smallest absolute Gasteiger partial charge is 0.156 e. The Balaban J connectivity index is 1.82. The molecular weight excluding hydrogens is 396 g/mol. The summed E-state index contributed by atoms with van der Waals surface area (Å²) in [4.78, 5) is 0. The minimum Gasteiger partial charge on any atom is -0.411 e. The van der Waals surface area contributed by atoms with Gasteiger partial charge in [-0.3, -0.25) is 0 Å². The van der Waals surface area contributed by atoms with Gasteiger partial charge >= 0.3 is 0 Å². The van der Waals surface area contributed by atoms with Crippen LogP contribution >= 0.6 is 0 Å². The lowest BCUT2D eigenvalue weighted by Gasteiger charge is -2.37. The van der Waals surface area contributed by atoms with Crippen molar-refractivity contribution in [2.24, 2.45) is 5.16 Å². The van der Waals surface area contributed by atoms with Crippen molar-refractivity contribution in [2.45, 2.75) is 38.8 Å². The van der Waals surface area contributed by atoms with Crippen molar-refractivity contribution in [3.05, 3.63) is 108 Å². The van der Waals surface area contributed by atoms with E-state index in [0.29, 0.717) is 23.3 Å². The third-order valence-electron chi connectivity index (χ3n) is 6.67. The van der Waals surface area contributed by atoms with Gasteiger partial charge in [-0.05, 0) is 31.4 Å². The summed E-state index contributed by atoms with van der Waals surface area (Å²) in [5, 5.41) is 25.5. The molecule has 3 aromatic rings. The number of oxime groups is 1. The predicted octanol–water partition coefficient (Wildman–Crippen LogP) is 5.59. The summed E-state index contributed by atoms with van der Waals surface area (Å²) in [6.45, 7) is 8.44. The molecule has 0 unspecified atom stereocenters. The van der Waals surface area contributed by atoms with Crippen molar-refractivity contribution in [3.63, 3.8) is 0 Å². The van der Waals surface area contributed by atoms with Gasteiger partial charge in [-0.15, -0.1) is 0 Å². The summed E-state index contributed by atoms with van der Waals surface area (Å²) in [7, 11) is 0. The molecule has 0 saturated carbocycles. The Labute approximate surface area is 192 Å². The number of benzene rings is 3. The Kier molecular flexibility index (Phi) is 8.20. The van der Waals surface area contributed by atoms with Crippen LogP contribution in [0.2, 0.25) is 0 Å². The average molecular weight is 432 g/mol. The predicted molar refractivity (Wildman–Crippen MR) is 131 cm³/mol. The molecule has 0 fully saturated rings. The SMILES string of the molecule is CC[N+](CC)(CCCC(=NO)C(O)(c1ccccc1)c1ccccc1)Cc1ccccc1. The quantitative estimate of drug-likeness (QED) is 0.180. The van der Waals surface area contributed by atoms with Gasteiger partial charge in [0.2, 0.25) is 0 Å². The maximum Gasteiger partial charge on any atom is 0.156 e. The molecular formula is C28H35N2O2+. The molecule has 0 bridgehead atoms. The molecule has 0 aliphatic heterocycles. The highest BCUT2D eigenvalue weighted by Gasteiger charge is 2.38. The van der Waals surface area contributed by atoms with Crippen LogP contribution in [-0.4, -0.2) is 40.1 Å². The van der Waals surface area contributed by atoms with Crippen LogP contribution in [0.15, 0.2) is 96.2 Å². The van der Waals surface area contributed by atoms with Gasteiger partial charge in [0.15, 0.2) is 5.60 Å². The van der Waals surface area contributed by atoms with E-state index >= 15 is 0 Å². The van der Waals surface area contributed by atoms with E-state index in [1.807, 2.05) is 66.7 Å². The van der Waals surface area contributed by atoms with Crippen LogP contribution in [0.3, 0.4) is 0 Å². The minimum absolute atomic E-state index is 0.375. The fraction of sp³-hybridized carbons (Fsp3) is 0.321. The highest BCUT2D eigenvalue weighted by atomic mass is 16.4. The van der Waals surface area contributed by atoms with E-state index in [4.69, 9.17) is 0 Å². The number of hydrogen-bond donors (Lipinski definition) is 2. The number of aliphatic hydroxyl groups is 1. The highest BCUT2D eigenvalue weighted by Crippen LogP contribution is 2.33. The number of rotatable bonds is 11. The first-order valence-corrected chi connectivity index (χ1v) is 11.5. The van der Waals surface area contributed by atoms with E-state index in [1.165, 1.54) is 5.56 Å². The van der Waals surface area contributed by atoms with Crippen LogP contribution in [0.1, 0.15) is 43.4 Å². The monoisotopic (exact) mass is 431 g/mol. The Morgan fingerprint density at radius 1 is 0.781 bits per heavy atom. The average Bonchev–Trinajstić information content (AvgIpc) is 2.87. The summed E-state index contributed by atoms with van der Waals surface area (Å²) in [6.07, 6.45) is 1.32. The molecule has 0 aliphatic rings. The van der Waals surface area contributed by atoms with Crippen molar-refractivity contribution in [1.29, 1.82) is 0 Å². The lowest BCUT2D eigenvalue weighted by atomic mass is 9.80. The van der Waals surface area contributed by atoms with Gasteiger partial charge in [0, 0.05) is 12.0 Å². The van der Waals surface area contributed by atoms with Crippen LogP contribution in [0.25, 0.3) is 0 Å². The zero-order chi connectivity index (χ0) is 22.9. The largest absolute Gasteiger partial charge is 0.411 e. The van der Waals surface area contributed by atoms with E-state index in [0.717, 1.165) is 37.1 Å². The first-order chi connectivity index (χ1) is 15.6. The molecule has 0 radical (unpaired) electrons. The van der Waals surface area contributed by atoms with Gasteiger partial charge in [-0.2, -0.15) is 0 Å². The van der Waals surface area contributed by atoms with Crippen molar-refractivity contribution in [2.75, 3.05) is 19.6 Å². The molecule has 0 saturated heterocycles. The lowest BCUT2D eigenvalue weighted by Crippen LogP contribution is -2.48. The van der Waals surface area contributed by atoms with E-state index in [-0.39, 0.29) is 0 Å². The third-order valence-corrected chi connectivity index (χ3v) is 6.67. The zero-order valence-electron chi connectivity index (χ0n) is 19.2. The molecule has 2 N–H and O–H groups in total. The molecule has 0 atom stereocenters. The van der Waals surface area contributed by atoms with Crippen LogP contribution in [-0.2, 0) is 12.1 Å². The van der Waals surface area contributed by atoms with Gasteiger partial charge in [-0.1, -0.05) is 96.2 Å². The van der Waals surface area contributed by atoms with Crippen molar-refractivity contribution in [1.82, 2.24) is 0 Å². The Bertz CT molecular complexity index is 929. The second-order valence-corrected chi connectivity index (χ2v) is 8.43. The normalized spacial score (nSPS) is 12.7. The Morgan fingerprint density at radius 3 is 1.69 bits per heavy atom. The summed E-state index contributed by atoms with van der Waals surface area (Å²) < 4.78 is 0.956. The fourth-order valence-electron chi connectivity index (χ4n) is 4.56. The second kappa shape index (κ2) is 11.1. The molecule has 0 heterocycles. The van der Waals surface area contributed by atoms with Crippen LogP contribution in [0.5, 0.6) is 0 Å². The first kappa shape index (κ1) is 23.7.